The number of aryl methyl sites for hydroxylation is 1. The summed E-state index contributed by atoms with van der Waals surface area (Å²) < 4.78 is 5.56. The van der Waals surface area contributed by atoms with Crippen molar-refractivity contribution in [2.45, 2.75) is 25.8 Å². The Morgan fingerprint density at radius 2 is 2.00 bits per heavy atom. The van der Waals surface area contributed by atoms with E-state index in [0.717, 1.165) is 30.8 Å². The Morgan fingerprint density at radius 1 is 1.27 bits per heavy atom. The predicted molar refractivity (Wildman–Crippen MR) is 61.4 cm³/mol. The van der Waals surface area contributed by atoms with Crippen LogP contribution >= 0.6 is 0 Å². The number of nitrogens with two attached hydrogens (primary N) is 1. The first-order chi connectivity index (χ1) is 7.27. The summed E-state index contributed by atoms with van der Waals surface area (Å²) in [6, 6.07) is 8.19. The van der Waals surface area contributed by atoms with Gasteiger partial charge >= 0.3 is 0 Å². The largest absolute Gasteiger partial charge is 0.496 e. The zero-order valence-electron chi connectivity index (χ0n) is 9.07. The van der Waals surface area contributed by atoms with Crippen LogP contribution in [0.2, 0.25) is 0 Å². The Kier molecular flexibility index (Phi) is 3.07. The number of benzene rings is 1. The third-order valence-corrected chi connectivity index (χ3v) is 2.71. The first-order valence-corrected chi connectivity index (χ1v) is 5.42. The van der Waals surface area contributed by atoms with Gasteiger partial charge in [0.25, 0.3) is 0 Å². The Labute approximate surface area is 90.7 Å². The molecule has 0 radical (unpaired) electrons. The van der Waals surface area contributed by atoms with E-state index in [1.54, 1.807) is 0 Å². The van der Waals surface area contributed by atoms with Crippen LogP contribution in [0.1, 0.15) is 30.0 Å². The zero-order chi connectivity index (χ0) is 10.7. The summed E-state index contributed by atoms with van der Waals surface area (Å²) in [4.78, 5) is 0. The van der Waals surface area contributed by atoms with Gasteiger partial charge in [-0.3, -0.25) is 0 Å². The predicted octanol–water partition coefficient (Wildman–Crippen LogP) is 2.69. The highest BCUT2D eigenvalue weighted by Gasteiger charge is 2.14. The maximum Gasteiger partial charge on any atom is 0.113 e. The van der Waals surface area contributed by atoms with Crippen LogP contribution in [-0.2, 0) is 4.74 Å². The summed E-state index contributed by atoms with van der Waals surface area (Å²) in [6.07, 6.45) is 4.28. The van der Waals surface area contributed by atoms with Crippen molar-refractivity contribution in [3.8, 4) is 0 Å². The second-order valence-electron chi connectivity index (χ2n) is 3.99. The summed E-state index contributed by atoms with van der Waals surface area (Å²) >= 11 is 0. The molecule has 0 bridgehead atoms. The van der Waals surface area contributed by atoms with E-state index in [1.165, 1.54) is 5.56 Å². The second-order valence-corrected chi connectivity index (χ2v) is 3.99. The van der Waals surface area contributed by atoms with E-state index in [4.69, 9.17) is 10.5 Å². The minimum absolute atomic E-state index is 0.106. The normalized spacial score (nSPS) is 17.9. The van der Waals surface area contributed by atoms with E-state index in [1.807, 2.05) is 0 Å². The van der Waals surface area contributed by atoms with Crippen molar-refractivity contribution in [2.24, 2.45) is 5.73 Å². The van der Waals surface area contributed by atoms with Gasteiger partial charge in [0.2, 0.25) is 0 Å². The lowest BCUT2D eigenvalue weighted by Crippen LogP contribution is -2.17. The van der Waals surface area contributed by atoms with Crippen LogP contribution in [0.5, 0.6) is 0 Å². The summed E-state index contributed by atoms with van der Waals surface area (Å²) in [6.45, 7) is 2.87. The summed E-state index contributed by atoms with van der Waals surface area (Å²) in [5.74, 6) is 0.921. The van der Waals surface area contributed by atoms with Crippen LogP contribution in [0.25, 0.3) is 0 Å². The fourth-order valence-electron chi connectivity index (χ4n) is 1.73. The van der Waals surface area contributed by atoms with E-state index >= 15 is 0 Å². The molecule has 0 saturated heterocycles. The minimum Gasteiger partial charge on any atom is -0.496 e. The topological polar surface area (TPSA) is 35.2 Å². The van der Waals surface area contributed by atoms with Gasteiger partial charge in [-0.05, 0) is 31.4 Å². The molecule has 1 aliphatic heterocycles. The zero-order valence-corrected chi connectivity index (χ0v) is 9.07. The van der Waals surface area contributed by atoms with E-state index in [9.17, 15) is 0 Å². The Balaban J connectivity index is 2.16. The molecule has 0 amide bonds. The molecule has 2 N–H and O–H groups in total. The van der Waals surface area contributed by atoms with Crippen LogP contribution < -0.4 is 5.73 Å². The first-order valence-electron chi connectivity index (χ1n) is 5.42. The molecule has 1 unspecified atom stereocenters. The summed E-state index contributed by atoms with van der Waals surface area (Å²) in [5, 5.41) is 0. The average molecular weight is 203 g/mol. The first kappa shape index (κ1) is 10.2. The van der Waals surface area contributed by atoms with Crippen LogP contribution in [0, 0.1) is 6.92 Å². The highest BCUT2D eigenvalue weighted by atomic mass is 16.5. The van der Waals surface area contributed by atoms with Crippen molar-refractivity contribution in [2.75, 3.05) is 6.61 Å². The number of hydrogen-bond acceptors (Lipinski definition) is 2. The summed E-state index contributed by atoms with van der Waals surface area (Å²) in [5.41, 5.74) is 8.50. The molecule has 0 aliphatic carbocycles. The smallest absolute Gasteiger partial charge is 0.113 e. The standard InChI is InChI=1S/C13H17NO/c1-10-5-7-11(8-6-10)13(14)12-4-2-3-9-15-12/h4-8,13H,2-3,9,14H2,1H3. The fraction of sp³-hybridized carbons (Fsp3) is 0.385. The molecule has 0 saturated carbocycles. The molecular formula is C13H17NO. The van der Waals surface area contributed by atoms with Gasteiger partial charge in [-0.25, -0.2) is 0 Å². The SMILES string of the molecule is Cc1ccc(C(N)C2=CCCCO2)cc1. The minimum atomic E-state index is -0.106. The number of ether oxygens (including phenoxy) is 1. The molecule has 1 aromatic rings. The Bertz CT molecular complexity index is 353. The monoisotopic (exact) mass is 203 g/mol. The lowest BCUT2D eigenvalue weighted by Gasteiger charge is -2.20. The Morgan fingerprint density at radius 3 is 2.60 bits per heavy atom. The molecule has 2 heteroatoms. The maximum absolute atomic E-state index is 6.13. The molecule has 1 heterocycles. The van der Waals surface area contributed by atoms with Crippen molar-refractivity contribution >= 4 is 0 Å². The molecular weight excluding hydrogens is 186 g/mol. The molecule has 1 aromatic carbocycles. The van der Waals surface area contributed by atoms with Crippen LogP contribution in [0.15, 0.2) is 36.1 Å². The quantitative estimate of drug-likeness (QED) is 0.802. The highest BCUT2D eigenvalue weighted by Crippen LogP contribution is 2.23. The molecule has 2 rings (SSSR count). The lowest BCUT2D eigenvalue weighted by molar-refractivity contribution is 0.176. The van der Waals surface area contributed by atoms with Crippen LogP contribution in [0.3, 0.4) is 0 Å². The van der Waals surface area contributed by atoms with Gasteiger partial charge in [0.1, 0.15) is 5.76 Å². The van der Waals surface area contributed by atoms with Gasteiger partial charge in [-0.2, -0.15) is 0 Å². The van der Waals surface area contributed by atoms with Gasteiger partial charge in [0, 0.05) is 0 Å². The number of allylic oxidation sites excluding steroid dienone is 1. The van der Waals surface area contributed by atoms with Gasteiger partial charge in [0.05, 0.1) is 12.6 Å². The number of hydrogen-bond donors (Lipinski definition) is 1. The van der Waals surface area contributed by atoms with Crippen LogP contribution in [0.4, 0.5) is 0 Å². The molecule has 1 aliphatic rings. The van der Waals surface area contributed by atoms with Crippen molar-refractivity contribution in [3.05, 3.63) is 47.2 Å². The Hall–Kier alpha value is -1.28. The number of rotatable bonds is 2. The van der Waals surface area contributed by atoms with E-state index < -0.39 is 0 Å². The molecule has 0 spiro atoms. The molecule has 1 atom stereocenters. The molecule has 2 nitrogen and oxygen atoms in total. The second kappa shape index (κ2) is 4.49. The van der Waals surface area contributed by atoms with E-state index in [0.29, 0.717) is 0 Å². The molecule has 0 aromatic heterocycles. The van der Waals surface area contributed by atoms with Gasteiger partial charge < -0.3 is 10.5 Å². The van der Waals surface area contributed by atoms with Crippen molar-refractivity contribution in [1.82, 2.24) is 0 Å². The van der Waals surface area contributed by atoms with Crippen LogP contribution in [-0.4, -0.2) is 6.61 Å². The van der Waals surface area contributed by atoms with Crippen molar-refractivity contribution < 1.29 is 4.74 Å². The van der Waals surface area contributed by atoms with Crippen molar-refractivity contribution in [1.29, 1.82) is 0 Å². The van der Waals surface area contributed by atoms with Gasteiger partial charge in [0.15, 0.2) is 0 Å². The van der Waals surface area contributed by atoms with Crippen molar-refractivity contribution in [3.63, 3.8) is 0 Å². The van der Waals surface area contributed by atoms with E-state index in [2.05, 4.69) is 37.3 Å². The third kappa shape index (κ3) is 2.39. The third-order valence-electron chi connectivity index (χ3n) is 2.71. The van der Waals surface area contributed by atoms with Gasteiger partial charge in [-0.15, -0.1) is 0 Å². The summed E-state index contributed by atoms with van der Waals surface area (Å²) in [7, 11) is 0. The maximum atomic E-state index is 6.13. The van der Waals surface area contributed by atoms with Gasteiger partial charge in [-0.1, -0.05) is 29.8 Å². The van der Waals surface area contributed by atoms with E-state index in [-0.39, 0.29) is 6.04 Å². The molecule has 15 heavy (non-hydrogen) atoms. The molecule has 80 valence electrons. The molecule has 0 fully saturated rings. The highest BCUT2D eigenvalue weighted by molar-refractivity contribution is 5.28. The fourth-order valence-corrected chi connectivity index (χ4v) is 1.73. The lowest BCUT2D eigenvalue weighted by atomic mass is 10.0. The average Bonchev–Trinajstić information content (AvgIpc) is 2.30.